The average Bonchev–Trinajstić information content (AvgIpc) is 3.27. The van der Waals surface area contributed by atoms with E-state index in [1.165, 1.54) is 12.1 Å². The normalized spacial score (nSPS) is 11.4. The highest BCUT2D eigenvalue weighted by Gasteiger charge is 2.16. The van der Waals surface area contributed by atoms with Crippen LogP contribution in [0.3, 0.4) is 0 Å². The molecule has 0 fully saturated rings. The van der Waals surface area contributed by atoms with E-state index in [1.54, 1.807) is 24.5 Å². The molecule has 0 saturated carbocycles. The number of carbonyl (C=O) groups is 1. The summed E-state index contributed by atoms with van der Waals surface area (Å²) in [5, 5.41) is 16.8. The molecule has 0 aliphatic rings. The van der Waals surface area contributed by atoms with Crippen molar-refractivity contribution in [2.45, 2.75) is 19.1 Å². The zero-order valence-corrected chi connectivity index (χ0v) is 15.6. The van der Waals surface area contributed by atoms with Gasteiger partial charge in [0.1, 0.15) is 12.4 Å². The molecular formula is C21H21N3O5. The highest BCUT2D eigenvalue weighted by atomic mass is 16.6. The van der Waals surface area contributed by atoms with Crippen molar-refractivity contribution in [1.29, 1.82) is 0 Å². The molecule has 29 heavy (non-hydrogen) atoms. The van der Waals surface area contributed by atoms with E-state index in [1.807, 2.05) is 36.4 Å². The van der Waals surface area contributed by atoms with Crippen molar-refractivity contribution < 1.29 is 18.9 Å². The predicted octanol–water partition coefficient (Wildman–Crippen LogP) is 4.66. The largest absolute Gasteiger partial charge is 0.467 e. The lowest BCUT2D eigenvalue weighted by Crippen LogP contribution is -2.27. The van der Waals surface area contributed by atoms with Crippen molar-refractivity contribution in [3.05, 3.63) is 94.4 Å². The van der Waals surface area contributed by atoms with Crippen molar-refractivity contribution in [2.75, 3.05) is 11.9 Å². The van der Waals surface area contributed by atoms with Crippen LogP contribution in [0.15, 0.2) is 77.4 Å². The number of furan rings is 1. The minimum absolute atomic E-state index is 0.0212. The maximum absolute atomic E-state index is 11.9. The van der Waals surface area contributed by atoms with E-state index >= 15 is 0 Å². The lowest BCUT2D eigenvalue weighted by Gasteiger charge is -2.18. The summed E-state index contributed by atoms with van der Waals surface area (Å²) in [6.07, 6.45) is 1.61. The first-order valence-electron chi connectivity index (χ1n) is 9.11. The number of rotatable bonds is 9. The van der Waals surface area contributed by atoms with Crippen molar-refractivity contribution in [2.24, 2.45) is 0 Å². The molecule has 2 N–H and O–H groups in total. The van der Waals surface area contributed by atoms with E-state index in [4.69, 9.17) is 9.15 Å². The Morgan fingerprint density at radius 1 is 1.07 bits per heavy atom. The number of nitro benzene ring substituents is 1. The molecule has 2 aromatic carbocycles. The van der Waals surface area contributed by atoms with Crippen LogP contribution in [-0.2, 0) is 11.3 Å². The number of carbonyl (C=O) groups excluding carboxylic acids is 1. The lowest BCUT2D eigenvalue weighted by molar-refractivity contribution is -0.384. The number of nitrogens with zero attached hydrogens (tertiary/aromatic N) is 1. The molecule has 1 heterocycles. The average molecular weight is 395 g/mol. The summed E-state index contributed by atoms with van der Waals surface area (Å²) in [5.74, 6) is 0.697. The number of nitro groups is 1. The van der Waals surface area contributed by atoms with E-state index in [0.29, 0.717) is 24.4 Å². The molecule has 0 saturated heterocycles. The van der Waals surface area contributed by atoms with Crippen LogP contribution in [-0.4, -0.2) is 17.6 Å². The molecule has 3 aromatic rings. The van der Waals surface area contributed by atoms with Crippen LogP contribution in [0.5, 0.6) is 0 Å². The Bertz CT molecular complexity index is 911. The standard InChI is InChI=1S/C21H21N3O5/c25-21(29-15-16-5-2-1-3-6-16)22-13-12-19(20-7-4-14-28-20)23-17-8-10-18(11-9-17)24(26)27/h1-11,14,19,23H,12-13,15H2,(H,22,25)/t19-/m0/s1. The fraction of sp³-hybridized carbons (Fsp3) is 0.190. The molecular weight excluding hydrogens is 374 g/mol. The van der Waals surface area contributed by atoms with Crippen LogP contribution >= 0.6 is 0 Å². The third-order valence-corrected chi connectivity index (χ3v) is 4.22. The molecule has 1 aromatic heterocycles. The fourth-order valence-electron chi connectivity index (χ4n) is 2.75. The number of benzene rings is 2. The third-order valence-electron chi connectivity index (χ3n) is 4.22. The number of amides is 1. The number of alkyl carbamates (subject to hydrolysis) is 1. The second-order valence-electron chi connectivity index (χ2n) is 6.29. The molecule has 150 valence electrons. The van der Waals surface area contributed by atoms with Gasteiger partial charge in [0, 0.05) is 24.4 Å². The molecule has 0 aliphatic carbocycles. The molecule has 1 atom stereocenters. The zero-order chi connectivity index (χ0) is 20.5. The molecule has 8 nitrogen and oxygen atoms in total. The number of nitrogens with one attached hydrogen (secondary N) is 2. The Balaban J connectivity index is 1.51. The summed E-state index contributed by atoms with van der Waals surface area (Å²) >= 11 is 0. The quantitative estimate of drug-likeness (QED) is 0.403. The Kier molecular flexibility index (Phi) is 6.83. The van der Waals surface area contributed by atoms with Crippen LogP contribution in [0, 0.1) is 10.1 Å². The van der Waals surface area contributed by atoms with Crippen LogP contribution in [0.1, 0.15) is 23.8 Å². The number of hydrogen-bond donors (Lipinski definition) is 2. The molecule has 0 spiro atoms. The van der Waals surface area contributed by atoms with Crippen LogP contribution in [0.2, 0.25) is 0 Å². The highest BCUT2D eigenvalue weighted by Crippen LogP contribution is 2.24. The predicted molar refractivity (Wildman–Crippen MR) is 107 cm³/mol. The Hall–Kier alpha value is -3.81. The summed E-state index contributed by atoms with van der Waals surface area (Å²) in [6, 6.07) is 19.0. The molecule has 0 aliphatic heterocycles. The Labute approximate surface area is 167 Å². The Morgan fingerprint density at radius 2 is 1.83 bits per heavy atom. The lowest BCUT2D eigenvalue weighted by atomic mass is 10.1. The number of anilines is 1. The van der Waals surface area contributed by atoms with E-state index < -0.39 is 11.0 Å². The maximum atomic E-state index is 11.9. The van der Waals surface area contributed by atoms with Gasteiger partial charge >= 0.3 is 6.09 Å². The Morgan fingerprint density at radius 3 is 2.48 bits per heavy atom. The maximum Gasteiger partial charge on any atom is 0.407 e. The summed E-state index contributed by atoms with van der Waals surface area (Å²) < 4.78 is 10.7. The third kappa shape index (κ3) is 6.10. The van der Waals surface area contributed by atoms with E-state index in [-0.39, 0.29) is 18.3 Å². The second kappa shape index (κ2) is 9.93. The van der Waals surface area contributed by atoms with Gasteiger partial charge in [-0.3, -0.25) is 10.1 Å². The topological polar surface area (TPSA) is 107 Å². The molecule has 0 radical (unpaired) electrons. The number of ether oxygens (including phenoxy) is 1. The first kappa shape index (κ1) is 19.9. The van der Waals surface area contributed by atoms with Gasteiger partial charge in [0.05, 0.1) is 17.2 Å². The molecule has 0 unspecified atom stereocenters. The molecule has 1 amide bonds. The summed E-state index contributed by atoms with van der Waals surface area (Å²) in [4.78, 5) is 22.2. The number of hydrogen-bond acceptors (Lipinski definition) is 6. The van der Waals surface area contributed by atoms with Gasteiger partial charge in [-0.1, -0.05) is 30.3 Å². The summed E-state index contributed by atoms with van der Waals surface area (Å²) in [6.45, 7) is 0.564. The molecule has 8 heteroatoms. The second-order valence-corrected chi connectivity index (χ2v) is 6.29. The zero-order valence-electron chi connectivity index (χ0n) is 15.6. The van der Waals surface area contributed by atoms with Gasteiger partial charge in [0.15, 0.2) is 0 Å². The summed E-state index contributed by atoms with van der Waals surface area (Å²) in [5.41, 5.74) is 1.65. The van der Waals surface area contributed by atoms with Crippen LogP contribution in [0.25, 0.3) is 0 Å². The minimum Gasteiger partial charge on any atom is -0.467 e. The van der Waals surface area contributed by atoms with Crippen LogP contribution in [0.4, 0.5) is 16.2 Å². The van der Waals surface area contributed by atoms with E-state index in [0.717, 1.165) is 5.56 Å². The van der Waals surface area contributed by atoms with Gasteiger partial charge in [-0.05, 0) is 36.2 Å². The monoisotopic (exact) mass is 395 g/mol. The van der Waals surface area contributed by atoms with E-state index in [9.17, 15) is 14.9 Å². The van der Waals surface area contributed by atoms with Gasteiger partial charge < -0.3 is 19.8 Å². The van der Waals surface area contributed by atoms with Gasteiger partial charge in [0.2, 0.25) is 0 Å². The van der Waals surface area contributed by atoms with Gasteiger partial charge in [-0.25, -0.2) is 4.79 Å². The first-order valence-corrected chi connectivity index (χ1v) is 9.11. The SMILES string of the molecule is O=C(NCC[C@H](Nc1ccc([N+](=O)[O-])cc1)c1ccco1)OCc1ccccc1. The van der Waals surface area contributed by atoms with Crippen molar-refractivity contribution >= 4 is 17.5 Å². The first-order chi connectivity index (χ1) is 14.1. The van der Waals surface area contributed by atoms with Crippen molar-refractivity contribution in [1.82, 2.24) is 5.32 Å². The summed E-state index contributed by atoms with van der Waals surface area (Å²) in [7, 11) is 0. The molecule has 0 bridgehead atoms. The van der Waals surface area contributed by atoms with Gasteiger partial charge in [0.25, 0.3) is 5.69 Å². The smallest absolute Gasteiger partial charge is 0.407 e. The van der Waals surface area contributed by atoms with Gasteiger partial charge in [-0.2, -0.15) is 0 Å². The van der Waals surface area contributed by atoms with Gasteiger partial charge in [-0.15, -0.1) is 0 Å². The number of non-ortho nitro benzene ring substituents is 1. The van der Waals surface area contributed by atoms with Crippen molar-refractivity contribution in [3.63, 3.8) is 0 Å². The highest BCUT2D eigenvalue weighted by molar-refractivity contribution is 5.67. The molecule has 3 rings (SSSR count). The van der Waals surface area contributed by atoms with Crippen molar-refractivity contribution in [3.8, 4) is 0 Å². The fourth-order valence-corrected chi connectivity index (χ4v) is 2.75. The van der Waals surface area contributed by atoms with Crippen LogP contribution < -0.4 is 10.6 Å². The van der Waals surface area contributed by atoms with E-state index in [2.05, 4.69) is 10.6 Å². The minimum atomic E-state index is -0.498.